The average Bonchev–Trinajstić information content (AvgIpc) is 3.62. The normalized spacial score (nSPS) is 23.8. The molecule has 7 nitrogen and oxygen atoms in total. The van der Waals surface area contributed by atoms with Crippen molar-refractivity contribution in [2.45, 2.75) is 50.5 Å². The summed E-state index contributed by atoms with van der Waals surface area (Å²) in [5.41, 5.74) is 2.50. The molecular formula is C29H27NO6S. The minimum atomic E-state index is -0.870. The fourth-order valence-electron chi connectivity index (χ4n) is 5.66. The van der Waals surface area contributed by atoms with Crippen LogP contribution >= 0.6 is 11.3 Å². The first-order valence-electron chi connectivity index (χ1n) is 12.6. The number of carbonyl (C=O) groups is 2. The smallest absolute Gasteiger partial charge is 0.336 e. The molecule has 0 radical (unpaired) electrons. The lowest BCUT2D eigenvalue weighted by Crippen LogP contribution is -2.37. The van der Waals surface area contributed by atoms with Gasteiger partial charge >= 0.3 is 5.97 Å². The topological polar surface area (TPSA) is 94.8 Å². The SMILES string of the molecule is CC1=C(C(=O)OC[C@@H]2CCCO2)[C@@H](c2coc3ccccc3c2=O)C2=C(C[C@@H](c3cccs3)CC2=O)N1. The van der Waals surface area contributed by atoms with Crippen molar-refractivity contribution in [1.29, 1.82) is 0 Å². The van der Waals surface area contributed by atoms with Gasteiger partial charge in [-0.2, -0.15) is 0 Å². The number of para-hydroxylation sites is 1. The van der Waals surface area contributed by atoms with E-state index in [2.05, 4.69) is 5.32 Å². The highest BCUT2D eigenvalue weighted by atomic mass is 32.1. The van der Waals surface area contributed by atoms with Gasteiger partial charge in [-0.05, 0) is 49.8 Å². The molecule has 0 unspecified atom stereocenters. The highest BCUT2D eigenvalue weighted by Crippen LogP contribution is 2.46. The van der Waals surface area contributed by atoms with Gasteiger partial charge in [0.15, 0.2) is 11.2 Å². The Kier molecular flexibility index (Phi) is 6.30. The zero-order chi connectivity index (χ0) is 25.5. The maximum absolute atomic E-state index is 13.7. The number of rotatable bonds is 5. The Morgan fingerprint density at radius 3 is 2.81 bits per heavy atom. The number of ether oxygens (including phenoxy) is 2. The summed E-state index contributed by atoms with van der Waals surface area (Å²) in [4.78, 5) is 42.1. The van der Waals surface area contributed by atoms with E-state index in [1.54, 1.807) is 42.5 Å². The van der Waals surface area contributed by atoms with E-state index in [-0.39, 0.29) is 41.0 Å². The van der Waals surface area contributed by atoms with Gasteiger partial charge < -0.3 is 19.2 Å². The molecule has 8 heteroatoms. The summed E-state index contributed by atoms with van der Waals surface area (Å²) in [7, 11) is 0. The standard InChI is InChI=1S/C29H27NO6S/c1-16-25(29(33)36-14-18-6-4-10-34-18)26(20-15-35-23-8-3-2-7-19(23)28(20)32)27-21(30-16)12-17(13-22(27)31)24-9-5-11-37-24/h2-3,5,7-9,11,15,17-18,26,30H,4,6,10,12-14H2,1H3/t17-,18+,26-/m1/s1. The van der Waals surface area contributed by atoms with Crippen molar-refractivity contribution in [2.75, 3.05) is 13.2 Å². The van der Waals surface area contributed by atoms with Crippen LogP contribution in [0.2, 0.25) is 0 Å². The number of hydrogen-bond acceptors (Lipinski definition) is 8. The molecule has 6 rings (SSSR count). The van der Waals surface area contributed by atoms with Crippen molar-refractivity contribution in [2.24, 2.45) is 0 Å². The molecule has 0 amide bonds. The second kappa shape index (κ2) is 9.76. The number of ketones is 1. The summed E-state index contributed by atoms with van der Waals surface area (Å²) in [6, 6.07) is 11.0. The monoisotopic (exact) mass is 517 g/mol. The number of hydrogen-bond donors (Lipinski definition) is 1. The van der Waals surface area contributed by atoms with Gasteiger partial charge in [-0.3, -0.25) is 9.59 Å². The Labute approximate surface area is 217 Å². The molecule has 1 aromatic carbocycles. The zero-order valence-corrected chi connectivity index (χ0v) is 21.3. The van der Waals surface area contributed by atoms with Gasteiger partial charge in [0.2, 0.25) is 0 Å². The van der Waals surface area contributed by atoms with Crippen molar-refractivity contribution in [3.8, 4) is 0 Å². The van der Waals surface area contributed by atoms with Crippen LogP contribution in [0.15, 0.2) is 79.8 Å². The molecule has 2 aliphatic heterocycles. The molecule has 3 atom stereocenters. The van der Waals surface area contributed by atoms with Crippen LogP contribution in [0.1, 0.15) is 54.9 Å². The number of thiophene rings is 1. The molecule has 0 bridgehead atoms. The fraction of sp³-hybridized carbons (Fsp3) is 0.345. The molecule has 1 saturated heterocycles. The van der Waals surface area contributed by atoms with Crippen LogP contribution in [0.3, 0.4) is 0 Å². The quantitative estimate of drug-likeness (QED) is 0.479. The van der Waals surface area contributed by atoms with Gasteiger partial charge in [0.1, 0.15) is 12.2 Å². The molecule has 37 heavy (non-hydrogen) atoms. The van der Waals surface area contributed by atoms with E-state index in [1.165, 1.54) is 6.26 Å². The third-order valence-electron chi connectivity index (χ3n) is 7.44. The van der Waals surface area contributed by atoms with E-state index in [0.29, 0.717) is 41.7 Å². The molecule has 0 saturated carbocycles. The molecule has 4 heterocycles. The first kappa shape index (κ1) is 23.9. The summed E-state index contributed by atoms with van der Waals surface area (Å²) in [5.74, 6) is -1.46. The predicted molar refractivity (Wildman–Crippen MR) is 139 cm³/mol. The van der Waals surface area contributed by atoms with Gasteiger partial charge in [-0.25, -0.2) is 4.79 Å². The molecular weight excluding hydrogens is 490 g/mol. The van der Waals surface area contributed by atoms with Crippen molar-refractivity contribution in [1.82, 2.24) is 5.32 Å². The number of esters is 1. The second-order valence-electron chi connectivity index (χ2n) is 9.78. The van der Waals surface area contributed by atoms with Gasteiger partial charge in [-0.1, -0.05) is 18.2 Å². The minimum Gasteiger partial charge on any atom is -0.464 e. The van der Waals surface area contributed by atoms with Crippen molar-refractivity contribution >= 4 is 34.1 Å². The molecule has 2 aromatic heterocycles. The maximum Gasteiger partial charge on any atom is 0.336 e. The van der Waals surface area contributed by atoms with Crippen LogP contribution in [-0.4, -0.2) is 31.1 Å². The molecule has 3 aromatic rings. The number of allylic oxidation sites excluding steroid dienone is 3. The van der Waals surface area contributed by atoms with Crippen molar-refractivity contribution in [3.63, 3.8) is 0 Å². The van der Waals surface area contributed by atoms with Crippen LogP contribution < -0.4 is 10.7 Å². The fourth-order valence-corrected chi connectivity index (χ4v) is 6.49. The number of benzene rings is 1. The number of Topliss-reactive ketones (excluding diaryl/α,β-unsaturated/α-hetero) is 1. The van der Waals surface area contributed by atoms with E-state index >= 15 is 0 Å². The van der Waals surface area contributed by atoms with Crippen LogP contribution in [-0.2, 0) is 19.1 Å². The Hall–Kier alpha value is -3.49. The lowest BCUT2D eigenvalue weighted by Gasteiger charge is -2.36. The van der Waals surface area contributed by atoms with Crippen LogP contribution in [0, 0.1) is 0 Å². The van der Waals surface area contributed by atoms with Crippen molar-refractivity contribution < 1.29 is 23.5 Å². The van der Waals surface area contributed by atoms with Crippen molar-refractivity contribution in [3.05, 3.63) is 91.2 Å². The summed E-state index contributed by atoms with van der Waals surface area (Å²) in [6.07, 6.45) is 3.95. The van der Waals surface area contributed by atoms with Crippen LogP contribution in [0.25, 0.3) is 11.0 Å². The predicted octanol–water partition coefficient (Wildman–Crippen LogP) is 4.94. The molecule has 0 spiro atoms. The number of fused-ring (bicyclic) bond motifs is 1. The molecule has 1 N–H and O–H groups in total. The van der Waals surface area contributed by atoms with E-state index in [1.807, 2.05) is 17.5 Å². The Morgan fingerprint density at radius 1 is 1.16 bits per heavy atom. The second-order valence-corrected chi connectivity index (χ2v) is 10.8. The Morgan fingerprint density at radius 2 is 2.03 bits per heavy atom. The molecule has 190 valence electrons. The van der Waals surface area contributed by atoms with Gasteiger partial charge in [0.05, 0.1) is 29.2 Å². The first-order chi connectivity index (χ1) is 18.0. The first-order valence-corrected chi connectivity index (χ1v) is 13.5. The largest absolute Gasteiger partial charge is 0.464 e. The molecule has 1 aliphatic carbocycles. The number of dihydropyridines is 1. The maximum atomic E-state index is 13.7. The Bertz CT molecular complexity index is 1490. The van der Waals surface area contributed by atoms with Gasteiger partial charge in [0.25, 0.3) is 0 Å². The molecule has 1 fully saturated rings. The number of carbonyl (C=O) groups excluding carboxylic acids is 2. The van der Waals surface area contributed by atoms with E-state index in [0.717, 1.165) is 23.4 Å². The summed E-state index contributed by atoms with van der Waals surface area (Å²) in [5, 5.41) is 5.75. The summed E-state index contributed by atoms with van der Waals surface area (Å²) < 4.78 is 17.1. The van der Waals surface area contributed by atoms with E-state index in [9.17, 15) is 14.4 Å². The molecule has 3 aliphatic rings. The van der Waals surface area contributed by atoms with E-state index in [4.69, 9.17) is 13.9 Å². The van der Waals surface area contributed by atoms with E-state index < -0.39 is 11.9 Å². The summed E-state index contributed by atoms with van der Waals surface area (Å²) in [6.45, 7) is 2.58. The highest BCUT2D eigenvalue weighted by Gasteiger charge is 2.43. The third-order valence-corrected chi connectivity index (χ3v) is 8.47. The van der Waals surface area contributed by atoms with Crippen LogP contribution in [0.4, 0.5) is 0 Å². The zero-order valence-electron chi connectivity index (χ0n) is 20.5. The van der Waals surface area contributed by atoms with Gasteiger partial charge in [0, 0.05) is 46.4 Å². The minimum absolute atomic E-state index is 0.0493. The average molecular weight is 518 g/mol. The van der Waals surface area contributed by atoms with Gasteiger partial charge in [-0.15, -0.1) is 11.3 Å². The number of nitrogens with one attached hydrogen (secondary N) is 1. The summed E-state index contributed by atoms with van der Waals surface area (Å²) >= 11 is 1.63. The lowest BCUT2D eigenvalue weighted by atomic mass is 9.73. The third kappa shape index (κ3) is 4.34. The highest BCUT2D eigenvalue weighted by molar-refractivity contribution is 7.10. The lowest BCUT2D eigenvalue weighted by molar-refractivity contribution is -0.142. The Balaban J connectivity index is 1.44. The van der Waals surface area contributed by atoms with Crippen LogP contribution in [0.5, 0.6) is 0 Å².